The first-order chi connectivity index (χ1) is 14.6. The van der Waals surface area contributed by atoms with Gasteiger partial charge >= 0.3 is 0 Å². The molecule has 0 unspecified atom stereocenters. The third-order valence-corrected chi connectivity index (χ3v) is 7.12. The van der Waals surface area contributed by atoms with Crippen LogP contribution in [0.25, 0.3) is 0 Å². The Morgan fingerprint density at radius 1 is 1.07 bits per heavy atom. The van der Waals surface area contributed by atoms with Crippen molar-refractivity contribution in [2.45, 2.75) is 35.2 Å². The third-order valence-electron chi connectivity index (χ3n) is 5.46. The van der Waals surface area contributed by atoms with Crippen LogP contribution >= 0.6 is 0 Å². The third kappa shape index (κ3) is 4.25. The molecule has 1 fully saturated rings. The largest absolute Gasteiger partial charge is 0.496 e. The van der Waals surface area contributed by atoms with E-state index in [-0.39, 0.29) is 16.0 Å². The van der Waals surface area contributed by atoms with Gasteiger partial charge in [0.05, 0.1) is 12.0 Å². The quantitative estimate of drug-likeness (QED) is 0.647. The van der Waals surface area contributed by atoms with Gasteiger partial charge in [0.2, 0.25) is 9.84 Å². The Kier molecular flexibility index (Phi) is 6.16. The van der Waals surface area contributed by atoms with Gasteiger partial charge in [-0.2, -0.15) is 0 Å². The minimum absolute atomic E-state index is 0.0512. The number of rotatable bonds is 6. The van der Waals surface area contributed by atoms with Crippen molar-refractivity contribution in [3.05, 3.63) is 90.0 Å². The number of aromatic nitrogens is 1. The fourth-order valence-electron chi connectivity index (χ4n) is 3.97. The number of pyridine rings is 1. The van der Waals surface area contributed by atoms with Gasteiger partial charge in [0, 0.05) is 18.2 Å². The van der Waals surface area contributed by atoms with Crippen LogP contribution in [0.4, 0.5) is 0 Å². The number of sulfone groups is 1. The lowest BCUT2D eigenvalue weighted by Gasteiger charge is -2.33. The molecule has 2 heterocycles. The molecule has 0 bridgehead atoms. The highest BCUT2D eigenvalue weighted by Gasteiger charge is 2.28. The Morgan fingerprint density at radius 2 is 1.87 bits per heavy atom. The van der Waals surface area contributed by atoms with Crippen LogP contribution in [0.1, 0.15) is 30.0 Å². The zero-order valence-electron chi connectivity index (χ0n) is 16.9. The second-order valence-corrected chi connectivity index (χ2v) is 9.28. The number of nitrogens with zero attached hydrogens (tertiary/aromatic N) is 1. The van der Waals surface area contributed by atoms with Crippen molar-refractivity contribution < 1.29 is 13.2 Å². The summed E-state index contributed by atoms with van der Waals surface area (Å²) in [5.74, 6) is 2.03. The summed E-state index contributed by atoms with van der Waals surface area (Å²) in [4.78, 5) is 4.27. The Bertz CT molecular complexity index is 1090. The van der Waals surface area contributed by atoms with E-state index < -0.39 is 9.84 Å². The molecule has 0 amide bonds. The van der Waals surface area contributed by atoms with E-state index >= 15 is 0 Å². The normalized spacial score (nSPS) is 17.6. The van der Waals surface area contributed by atoms with Crippen LogP contribution < -0.4 is 10.1 Å². The molecule has 1 aliphatic heterocycles. The first-order valence-electron chi connectivity index (χ1n) is 10.1. The standard InChI is InChI=1S/C24H25N2O3S/c1-29-22-13-12-21(30(27,28)23-11-5-6-14-25-23)17-20(22)16-19-10-7-15-26-24(19)18-8-3-2-4-9-18/h2-6,8-9,11-14,17,24,26H,7,10,15-16H2,1H3/t24-/m1/s1. The predicted octanol–water partition coefficient (Wildman–Crippen LogP) is 4.16. The Labute approximate surface area is 178 Å². The highest BCUT2D eigenvalue weighted by molar-refractivity contribution is 7.91. The van der Waals surface area contributed by atoms with E-state index in [2.05, 4.69) is 22.4 Å². The number of nitrogens with one attached hydrogen (secondary N) is 1. The molecule has 4 rings (SSSR count). The number of ether oxygens (including phenoxy) is 1. The fraction of sp³-hybridized carbons (Fsp3) is 0.250. The molecule has 6 heteroatoms. The van der Waals surface area contributed by atoms with Crippen LogP contribution in [0.15, 0.2) is 82.8 Å². The van der Waals surface area contributed by atoms with E-state index in [4.69, 9.17) is 4.74 Å². The van der Waals surface area contributed by atoms with E-state index in [0.717, 1.165) is 24.9 Å². The van der Waals surface area contributed by atoms with Crippen molar-refractivity contribution >= 4 is 9.84 Å². The van der Waals surface area contributed by atoms with Crippen molar-refractivity contribution in [1.82, 2.24) is 10.3 Å². The molecule has 5 nitrogen and oxygen atoms in total. The van der Waals surface area contributed by atoms with Gasteiger partial charge in [0.1, 0.15) is 5.75 Å². The summed E-state index contributed by atoms with van der Waals surface area (Å²) in [6.45, 7) is 0.967. The average molecular weight is 422 g/mol. The number of hydrogen-bond acceptors (Lipinski definition) is 5. The van der Waals surface area contributed by atoms with Gasteiger partial charge in [-0.05, 0) is 67.3 Å². The Balaban J connectivity index is 1.67. The van der Waals surface area contributed by atoms with Crippen LogP contribution in [0, 0.1) is 5.92 Å². The number of hydrogen-bond donors (Lipinski definition) is 1. The molecule has 1 N–H and O–H groups in total. The van der Waals surface area contributed by atoms with Crippen molar-refractivity contribution in [2.24, 2.45) is 0 Å². The zero-order valence-corrected chi connectivity index (χ0v) is 17.7. The lowest BCUT2D eigenvalue weighted by atomic mass is 9.82. The smallest absolute Gasteiger partial charge is 0.223 e. The summed E-state index contributed by atoms with van der Waals surface area (Å²) < 4.78 is 31.6. The predicted molar refractivity (Wildman–Crippen MR) is 116 cm³/mol. The molecule has 1 radical (unpaired) electrons. The van der Waals surface area contributed by atoms with Gasteiger partial charge in [-0.1, -0.05) is 36.4 Å². The number of piperidine rings is 1. The lowest BCUT2D eigenvalue weighted by molar-refractivity contribution is 0.400. The van der Waals surface area contributed by atoms with Gasteiger partial charge in [-0.3, -0.25) is 0 Å². The molecule has 3 aromatic rings. The fourth-order valence-corrected chi connectivity index (χ4v) is 5.22. The summed E-state index contributed by atoms with van der Waals surface area (Å²) in [7, 11) is -2.07. The minimum Gasteiger partial charge on any atom is -0.496 e. The zero-order chi connectivity index (χ0) is 21.0. The molecular weight excluding hydrogens is 396 g/mol. The molecule has 155 valence electrons. The molecule has 1 aromatic heterocycles. The second kappa shape index (κ2) is 8.98. The van der Waals surface area contributed by atoms with Crippen LogP contribution in [0.3, 0.4) is 0 Å². The van der Waals surface area contributed by atoms with Crippen LogP contribution in [-0.2, 0) is 16.3 Å². The van der Waals surface area contributed by atoms with Crippen molar-refractivity contribution in [3.63, 3.8) is 0 Å². The van der Waals surface area contributed by atoms with Gasteiger partial charge < -0.3 is 10.1 Å². The summed E-state index contributed by atoms with van der Waals surface area (Å²) in [6.07, 6.45) is 4.20. The molecule has 2 aromatic carbocycles. The van der Waals surface area contributed by atoms with E-state index in [1.165, 1.54) is 23.7 Å². The summed E-state index contributed by atoms with van der Waals surface area (Å²) in [6, 6.07) is 20.5. The minimum atomic E-state index is -3.68. The van der Waals surface area contributed by atoms with Crippen LogP contribution in [0.5, 0.6) is 5.75 Å². The molecule has 1 aliphatic rings. The Morgan fingerprint density at radius 3 is 2.60 bits per heavy atom. The average Bonchev–Trinajstić information content (AvgIpc) is 2.80. The summed E-state index contributed by atoms with van der Waals surface area (Å²) in [5.41, 5.74) is 2.09. The molecule has 1 saturated heterocycles. The van der Waals surface area contributed by atoms with E-state index in [9.17, 15) is 8.42 Å². The van der Waals surface area contributed by atoms with Gasteiger partial charge in [-0.25, -0.2) is 13.4 Å². The van der Waals surface area contributed by atoms with Crippen LogP contribution in [-0.4, -0.2) is 27.1 Å². The topological polar surface area (TPSA) is 68.3 Å². The summed E-state index contributed by atoms with van der Waals surface area (Å²) in [5, 5.41) is 3.66. The molecular formula is C24H25N2O3S. The SMILES string of the molecule is COc1ccc(S(=O)(=O)c2ccccn2)cc1C[C]1CCCN[C@@H]1c1ccccc1. The van der Waals surface area contributed by atoms with Gasteiger partial charge in [-0.15, -0.1) is 0 Å². The van der Waals surface area contributed by atoms with Crippen LogP contribution in [0.2, 0.25) is 0 Å². The number of benzene rings is 2. The monoisotopic (exact) mass is 421 g/mol. The molecule has 0 aliphatic carbocycles. The van der Waals surface area contributed by atoms with E-state index in [0.29, 0.717) is 12.2 Å². The maximum Gasteiger partial charge on any atom is 0.223 e. The van der Waals surface area contributed by atoms with Gasteiger partial charge in [0.15, 0.2) is 5.03 Å². The molecule has 0 saturated carbocycles. The molecule has 1 atom stereocenters. The first-order valence-corrected chi connectivity index (χ1v) is 11.5. The highest BCUT2D eigenvalue weighted by atomic mass is 32.2. The lowest BCUT2D eigenvalue weighted by Crippen LogP contribution is -2.34. The maximum absolute atomic E-state index is 13.0. The number of methoxy groups -OCH3 is 1. The van der Waals surface area contributed by atoms with Gasteiger partial charge in [0.25, 0.3) is 0 Å². The molecule has 0 spiro atoms. The van der Waals surface area contributed by atoms with E-state index in [1.54, 1.807) is 37.4 Å². The van der Waals surface area contributed by atoms with Crippen molar-refractivity contribution in [2.75, 3.05) is 13.7 Å². The van der Waals surface area contributed by atoms with Crippen molar-refractivity contribution in [3.8, 4) is 5.75 Å². The second-order valence-electron chi connectivity index (χ2n) is 7.38. The van der Waals surface area contributed by atoms with E-state index in [1.807, 2.05) is 18.2 Å². The molecule has 30 heavy (non-hydrogen) atoms. The Hall–Kier alpha value is -2.70. The maximum atomic E-state index is 13.0. The first kappa shape index (κ1) is 20.6. The van der Waals surface area contributed by atoms with Crippen molar-refractivity contribution in [1.29, 1.82) is 0 Å². The summed E-state index contributed by atoms with van der Waals surface area (Å²) >= 11 is 0. The highest BCUT2D eigenvalue weighted by Crippen LogP contribution is 2.36.